The average molecular weight is 1410 g/mol. The van der Waals surface area contributed by atoms with Crippen molar-refractivity contribution in [2.45, 2.75) is 400 Å². The van der Waals surface area contributed by atoms with E-state index in [1.54, 1.807) is 0 Å². The Morgan fingerprint density at radius 2 is 0.562 bits per heavy atom. The first kappa shape index (κ1) is 93.5. The number of carbonyl (C=O) groups excluding carboxylic acids is 4. The molecule has 566 valence electrons. The van der Waals surface area contributed by atoms with Gasteiger partial charge in [0.05, 0.1) is 26.4 Å². The van der Waals surface area contributed by atoms with E-state index in [-0.39, 0.29) is 25.7 Å². The molecule has 0 aromatic rings. The Bertz CT molecular complexity index is 1930. The molecule has 0 aliphatic carbocycles. The first-order valence-corrected chi connectivity index (χ1v) is 42.4. The highest BCUT2D eigenvalue weighted by atomic mass is 31.2. The molecule has 19 heteroatoms. The molecular formula is C77H146O17P2. The predicted molar refractivity (Wildman–Crippen MR) is 391 cm³/mol. The second-order valence-corrected chi connectivity index (χ2v) is 30.4. The third-order valence-corrected chi connectivity index (χ3v) is 19.3. The molecule has 0 heterocycles. The largest absolute Gasteiger partial charge is 0.472 e. The van der Waals surface area contributed by atoms with E-state index in [1.807, 2.05) is 0 Å². The summed E-state index contributed by atoms with van der Waals surface area (Å²) in [5.41, 5.74) is 0. The van der Waals surface area contributed by atoms with E-state index in [4.69, 9.17) is 37.0 Å². The van der Waals surface area contributed by atoms with Gasteiger partial charge < -0.3 is 33.8 Å². The topological polar surface area (TPSA) is 237 Å². The molecule has 0 aliphatic rings. The van der Waals surface area contributed by atoms with Crippen molar-refractivity contribution in [3.63, 3.8) is 0 Å². The van der Waals surface area contributed by atoms with Crippen LogP contribution in [0.5, 0.6) is 0 Å². The number of aliphatic hydroxyl groups excluding tert-OH is 1. The second-order valence-electron chi connectivity index (χ2n) is 27.5. The molecule has 96 heavy (non-hydrogen) atoms. The third-order valence-electron chi connectivity index (χ3n) is 17.4. The average Bonchev–Trinajstić information content (AvgIpc) is 1.74. The lowest BCUT2D eigenvalue weighted by atomic mass is 10.0. The highest BCUT2D eigenvalue weighted by Crippen LogP contribution is 2.45. The molecule has 5 atom stereocenters. The summed E-state index contributed by atoms with van der Waals surface area (Å²) in [6.07, 6.45) is 61.9. The third kappa shape index (κ3) is 70.0. The molecule has 0 saturated heterocycles. The fourth-order valence-corrected chi connectivity index (χ4v) is 12.9. The van der Waals surface area contributed by atoms with E-state index in [9.17, 15) is 43.2 Å². The second kappa shape index (κ2) is 69.6. The number of esters is 4. The van der Waals surface area contributed by atoms with Crippen LogP contribution in [0.4, 0.5) is 0 Å². The molecule has 0 aromatic carbocycles. The first-order chi connectivity index (χ1) is 46.5. The van der Waals surface area contributed by atoms with E-state index in [1.165, 1.54) is 180 Å². The number of unbranched alkanes of at least 4 members (excludes halogenated alkanes) is 44. The summed E-state index contributed by atoms with van der Waals surface area (Å²) in [5, 5.41) is 10.6. The van der Waals surface area contributed by atoms with Crippen LogP contribution in [-0.4, -0.2) is 96.7 Å². The zero-order valence-corrected chi connectivity index (χ0v) is 63.8. The quantitative estimate of drug-likeness (QED) is 0.0169. The van der Waals surface area contributed by atoms with Crippen LogP contribution in [-0.2, 0) is 65.4 Å². The molecule has 3 N–H and O–H groups in total. The number of phosphoric ester groups is 2. The molecular weight excluding hydrogens is 1260 g/mol. The van der Waals surface area contributed by atoms with Crippen LogP contribution in [0.25, 0.3) is 0 Å². The van der Waals surface area contributed by atoms with Gasteiger partial charge in [-0.3, -0.25) is 37.3 Å². The van der Waals surface area contributed by atoms with Crippen molar-refractivity contribution >= 4 is 39.5 Å². The molecule has 0 bridgehead atoms. The van der Waals surface area contributed by atoms with Crippen molar-refractivity contribution in [1.82, 2.24) is 0 Å². The lowest BCUT2D eigenvalue weighted by Crippen LogP contribution is -2.30. The van der Waals surface area contributed by atoms with Crippen LogP contribution >= 0.6 is 15.6 Å². The highest BCUT2D eigenvalue weighted by molar-refractivity contribution is 7.47. The van der Waals surface area contributed by atoms with Crippen LogP contribution in [0.1, 0.15) is 381 Å². The molecule has 0 amide bonds. The van der Waals surface area contributed by atoms with Crippen molar-refractivity contribution in [2.24, 2.45) is 5.92 Å². The minimum absolute atomic E-state index is 0.102. The summed E-state index contributed by atoms with van der Waals surface area (Å²) in [4.78, 5) is 72.7. The normalized spacial score (nSPS) is 14.1. The molecule has 0 aromatic heterocycles. The molecule has 0 aliphatic heterocycles. The zero-order chi connectivity index (χ0) is 70.5. The summed E-state index contributed by atoms with van der Waals surface area (Å²) in [5.74, 6) is -1.37. The van der Waals surface area contributed by atoms with Gasteiger partial charge in [0.1, 0.15) is 19.3 Å². The summed E-state index contributed by atoms with van der Waals surface area (Å²) in [6, 6.07) is 0. The maximum Gasteiger partial charge on any atom is 0.472 e. The van der Waals surface area contributed by atoms with Crippen LogP contribution in [0, 0.1) is 5.92 Å². The van der Waals surface area contributed by atoms with Crippen molar-refractivity contribution in [1.29, 1.82) is 0 Å². The fraction of sp³-hybridized carbons (Fsp3) is 0.896. The number of phosphoric acid groups is 2. The number of hydrogen-bond acceptors (Lipinski definition) is 15. The van der Waals surface area contributed by atoms with Gasteiger partial charge in [-0.05, 0) is 57.3 Å². The van der Waals surface area contributed by atoms with Crippen molar-refractivity contribution in [3.05, 3.63) is 24.3 Å². The van der Waals surface area contributed by atoms with E-state index in [2.05, 4.69) is 58.9 Å². The number of carbonyl (C=O) groups is 4. The number of allylic oxidation sites excluding steroid dienone is 4. The maximum absolute atomic E-state index is 13.1. The standard InChI is InChI=1S/C77H146O17P2/c1-6-9-12-15-18-21-23-25-27-28-29-31-33-38-42-47-52-57-62-76(81)94-73(67-88-75(80)61-56-51-46-41-37-32-30-26-24-22-19-16-13-10-7-2)69-92-96(85,86)90-65-71(78)64-89-95(83,84)91-68-72(66-87-74(79)60-55-50-45-20-17-14-11-8-3)93-77(82)63-58-53-48-43-39-35-34-36-40-44-49-54-59-70(4)5/h22,24,26,30,70-73,78H,6-21,23,25,27-29,31-69H2,1-5H3,(H,83,84)(H,85,86)/b24-22-,30-26-/t71-,72+,73+/m0/s1. The van der Waals surface area contributed by atoms with Crippen molar-refractivity contribution in [2.75, 3.05) is 39.6 Å². The monoisotopic (exact) mass is 1410 g/mol. The molecule has 0 rings (SSSR count). The molecule has 0 saturated carbocycles. The number of hydrogen-bond donors (Lipinski definition) is 3. The van der Waals surface area contributed by atoms with Crippen LogP contribution < -0.4 is 0 Å². The Hall–Kier alpha value is -2.46. The highest BCUT2D eigenvalue weighted by Gasteiger charge is 2.30. The van der Waals surface area contributed by atoms with Gasteiger partial charge in [0.25, 0.3) is 0 Å². The molecule has 0 fully saturated rings. The number of ether oxygens (including phenoxy) is 4. The Morgan fingerprint density at radius 1 is 0.323 bits per heavy atom. The van der Waals surface area contributed by atoms with Gasteiger partial charge in [0.2, 0.25) is 0 Å². The van der Waals surface area contributed by atoms with Gasteiger partial charge >= 0.3 is 39.5 Å². The van der Waals surface area contributed by atoms with Crippen LogP contribution in [0.3, 0.4) is 0 Å². The molecule has 2 unspecified atom stereocenters. The first-order valence-electron chi connectivity index (χ1n) is 39.5. The Morgan fingerprint density at radius 3 is 0.854 bits per heavy atom. The smallest absolute Gasteiger partial charge is 0.462 e. The zero-order valence-electron chi connectivity index (χ0n) is 62.0. The van der Waals surface area contributed by atoms with Gasteiger partial charge in [-0.15, -0.1) is 0 Å². The van der Waals surface area contributed by atoms with Gasteiger partial charge in [-0.2, -0.15) is 0 Å². The van der Waals surface area contributed by atoms with Crippen LogP contribution in [0.15, 0.2) is 24.3 Å². The van der Waals surface area contributed by atoms with Crippen molar-refractivity contribution in [3.8, 4) is 0 Å². The number of rotatable bonds is 75. The van der Waals surface area contributed by atoms with E-state index >= 15 is 0 Å². The van der Waals surface area contributed by atoms with E-state index in [0.717, 1.165) is 121 Å². The minimum atomic E-state index is -4.96. The molecule has 0 radical (unpaired) electrons. The van der Waals surface area contributed by atoms with Crippen molar-refractivity contribution < 1.29 is 80.2 Å². The Balaban J connectivity index is 5.24. The molecule has 17 nitrogen and oxygen atoms in total. The van der Waals surface area contributed by atoms with Gasteiger partial charge in [0, 0.05) is 25.7 Å². The fourth-order valence-electron chi connectivity index (χ4n) is 11.3. The number of aliphatic hydroxyl groups is 1. The Kier molecular flexibility index (Phi) is 67.8. The lowest BCUT2D eigenvalue weighted by molar-refractivity contribution is -0.161. The van der Waals surface area contributed by atoms with Gasteiger partial charge in [-0.1, -0.05) is 329 Å². The van der Waals surface area contributed by atoms with E-state index < -0.39 is 97.5 Å². The summed E-state index contributed by atoms with van der Waals surface area (Å²) >= 11 is 0. The lowest BCUT2D eigenvalue weighted by Gasteiger charge is -2.21. The summed E-state index contributed by atoms with van der Waals surface area (Å²) in [6.45, 7) is 7.22. The molecule has 0 spiro atoms. The van der Waals surface area contributed by atoms with Crippen LogP contribution in [0.2, 0.25) is 0 Å². The minimum Gasteiger partial charge on any atom is -0.462 e. The summed E-state index contributed by atoms with van der Waals surface area (Å²) in [7, 11) is -9.92. The van der Waals surface area contributed by atoms with Gasteiger partial charge in [-0.25, -0.2) is 9.13 Å². The van der Waals surface area contributed by atoms with E-state index in [0.29, 0.717) is 25.7 Å². The summed E-state index contributed by atoms with van der Waals surface area (Å²) < 4.78 is 68.5. The van der Waals surface area contributed by atoms with Gasteiger partial charge in [0.15, 0.2) is 12.2 Å². The SMILES string of the molecule is CCCCCC/C=C\C=C/CCCCCCCC(=O)OC[C@H](COP(=O)(O)OC[C@@H](O)COP(=O)(O)OC[C@@H](COC(=O)CCCCCCCCCC)OC(=O)CCCCCCCCCCCCCCC(C)C)OC(=O)CCCCCCCCCCCCCCCCCCCC. The maximum atomic E-state index is 13.1. The predicted octanol–water partition coefficient (Wildman–Crippen LogP) is 22.4. The Labute approximate surface area is 586 Å².